The minimum Gasteiger partial charge on any atom is -0.454 e. The van der Waals surface area contributed by atoms with E-state index in [4.69, 9.17) is 9.47 Å². The smallest absolute Gasteiger partial charge is 0.320 e. The molecule has 1 aromatic heterocycles. The van der Waals surface area contributed by atoms with Gasteiger partial charge in [-0.25, -0.2) is 0 Å². The molecule has 0 spiro atoms. The molecule has 1 aliphatic heterocycles. The lowest BCUT2D eigenvalue weighted by molar-refractivity contribution is -0.385. The van der Waals surface area contributed by atoms with E-state index < -0.39 is 10.8 Å². The molecule has 1 aromatic carbocycles. The summed E-state index contributed by atoms with van der Waals surface area (Å²) >= 11 is 0. The molecule has 0 atom stereocenters. The lowest BCUT2D eigenvalue weighted by Gasteiger charge is -2.56. The van der Waals surface area contributed by atoms with Gasteiger partial charge in [-0.3, -0.25) is 19.6 Å². The summed E-state index contributed by atoms with van der Waals surface area (Å²) in [4.78, 5) is 24.1. The molecule has 2 heterocycles. The molecular formula is C21H22N4O5. The average molecular weight is 410 g/mol. The van der Waals surface area contributed by atoms with Crippen LogP contribution in [0, 0.1) is 27.9 Å². The van der Waals surface area contributed by atoms with Crippen LogP contribution < -0.4 is 14.8 Å². The van der Waals surface area contributed by atoms with Crippen LogP contribution in [-0.4, -0.2) is 27.4 Å². The number of ether oxygens (including phenoxy) is 2. The van der Waals surface area contributed by atoms with E-state index >= 15 is 0 Å². The van der Waals surface area contributed by atoms with Crippen LogP contribution in [0.25, 0.3) is 0 Å². The van der Waals surface area contributed by atoms with Crippen LogP contribution in [0.1, 0.15) is 49.0 Å². The number of nitrogens with one attached hydrogen (secondary N) is 1. The highest BCUT2D eigenvalue weighted by atomic mass is 16.7. The first-order valence-corrected chi connectivity index (χ1v) is 10.4. The predicted molar refractivity (Wildman–Crippen MR) is 106 cm³/mol. The van der Waals surface area contributed by atoms with E-state index in [1.54, 1.807) is 22.9 Å². The molecule has 156 valence electrons. The van der Waals surface area contributed by atoms with Crippen molar-refractivity contribution in [3.8, 4) is 11.5 Å². The molecule has 4 bridgehead atoms. The number of benzene rings is 1. The molecule has 0 radical (unpaired) electrons. The van der Waals surface area contributed by atoms with Crippen molar-refractivity contribution in [1.82, 2.24) is 9.78 Å². The number of hydrogen-bond donors (Lipinski definition) is 1. The van der Waals surface area contributed by atoms with Crippen molar-refractivity contribution in [1.29, 1.82) is 0 Å². The van der Waals surface area contributed by atoms with E-state index in [1.807, 2.05) is 0 Å². The number of aromatic nitrogens is 2. The molecule has 5 aliphatic rings. The quantitative estimate of drug-likeness (QED) is 0.608. The first kappa shape index (κ1) is 17.7. The molecule has 4 saturated carbocycles. The topological polar surface area (TPSA) is 109 Å². The third-order valence-corrected chi connectivity index (χ3v) is 7.23. The number of carbonyl (C=O) groups excluding carboxylic acids is 1. The Labute approximate surface area is 172 Å². The van der Waals surface area contributed by atoms with Crippen molar-refractivity contribution in [3.05, 3.63) is 40.2 Å². The zero-order chi connectivity index (χ0) is 20.5. The third kappa shape index (κ3) is 2.68. The largest absolute Gasteiger partial charge is 0.454 e. The summed E-state index contributed by atoms with van der Waals surface area (Å²) in [5.41, 5.74) is -0.100. The molecule has 2 aromatic rings. The van der Waals surface area contributed by atoms with Crippen molar-refractivity contribution in [2.75, 3.05) is 12.1 Å². The van der Waals surface area contributed by atoms with Gasteiger partial charge in [-0.05, 0) is 68.4 Å². The lowest BCUT2D eigenvalue weighted by Crippen LogP contribution is -2.52. The van der Waals surface area contributed by atoms with Crippen molar-refractivity contribution in [2.24, 2.45) is 17.8 Å². The summed E-state index contributed by atoms with van der Waals surface area (Å²) in [6, 6.07) is 5.01. The first-order chi connectivity index (χ1) is 14.5. The zero-order valence-electron chi connectivity index (χ0n) is 16.4. The van der Waals surface area contributed by atoms with E-state index in [0.29, 0.717) is 34.9 Å². The van der Waals surface area contributed by atoms with Gasteiger partial charge in [0.05, 0.1) is 10.5 Å². The van der Waals surface area contributed by atoms with Gasteiger partial charge in [0.1, 0.15) is 6.20 Å². The Morgan fingerprint density at radius 1 is 1.13 bits per heavy atom. The van der Waals surface area contributed by atoms with E-state index in [2.05, 4.69) is 10.4 Å². The maximum Gasteiger partial charge on any atom is 0.320 e. The number of carbonyl (C=O) groups is 1. The fourth-order valence-electron chi connectivity index (χ4n) is 6.41. The molecular weight excluding hydrogens is 388 g/mol. The van der Waals surface area contributed by atoms with Gasteiger partial charge in [0.15, 0.2) is 11.5 Å². The van der Waals surface area contributed by atoms with Crippen LogP contribution in [-0.2, 0) is 5.54 Å². The average Bonchev–Trinajstić information content (AvgIpc) is 3.34. The Morgan fingerprint density at radius 3 is 2.47 bits per heavy atom. The number of rotatable bonds is 4. The monoisotopic (exact) mass is 410 g/mol. The van der Waals surface area contributed by atoms with Gasteiger partial charge in [0.25, 0.3) is 5.91 Å². The number of nitro groups is 1. The van der Waals surface area contributed by atoms with Crippen LogP contribution >= 0.6 is 0 Å². The number of nitrogens with zero attached hydrogens (tertiary/aromatic N) is 3. The summed E-state index contributed by atoms with van der Waals surface area (Å²) in [5.74, 6) is 2.55. The standard InChI is InChI=1S/C21H22N4O5/c26-20(22-15-1-2-17-18(6-15)30-11-29-17)19-16(25(27)28)10-24(23-19)21-7-12-3-13(8-21)5-14(4-12)9-21/h1-2,6,10,12-14H,3-5,7-9,11H2,(H,22,26). The molecule has 0 saturated heterocycles. The molecule has 9 nitrogen and oxygen atoms in total. The van der Waals surface area contributed by atoms with Gasteiger partial charge in [0, 0.05) is 11.8 Å². The highest BCUT2D eigenvalue weighted by molar-refractivity contribution is 6.05. The number of hydrogen-bond acceptors (Lipinski definition) is 6. The number of anilines is 1. The molecule has 7 rings (SSSR count). The Hall–Kier alpha value is -3.10. The molecule has 1 amide bonds. The van der Waals surface area contributed by atoms with Crippen molar-refractivity contribution in [2.45, 2.75) is 44.1 Å². The Bertz CT molecular complexity index is 1030. The minimum absolute atomic E-state index is 0.133. The molecule has 30 heavy (non-hydrogen) atoms. The van der Waals surface area contributed by atoms with Crippen molar-refractivity contribution in [3.63, 3.8) is 0 Å². The normalized spacial score (nSPS) is 30.5. The van der Waals surface area contributed by atoms with E-state index in [1.165, 1.54) is 25.5 Å². The molecule has 4 fully saturated rings. The van der Waals surface area contributed by atoms with Crippen molar-refractivity contribution < 1.29 is 19.2 Å². The van der Waals surface area contributed by atoms with Gasteiger partial charge in [-0.1, -0.05) is 0 Å². The lowest BCUT2D eigenvalue weighted by atomic mass is 9.53. The van der Waals surface area contributed by atoms with Gasteiger partial charge in [-0.15, -0.1) is 0 Å². The maximum absolute atomic E-state index is 12.9. The van der Waals surface area contributed by atoms with Crippen LogP contribution in [0.3, 0.4) is 0 Å². The highest BCUT2D eigenvalue weighted by Gasteiger charge is 2.53. The second-order valence-corrected chi connectivity index (χ2v) is 9.23. The number of amides is 1. The first-order valence-electron chi connectivity index (χ1n) is 10.4. The molecule has 4 aliphatic carbocycles. The SMILES string of the molecule is O=C(Nc1ccc2c(c1)OCO2)c1nn(C23CC4CC(CC(C4)C2)C3)cc1[N+](=O)[O-]. The number of fused-ring (bicyclic) bond motifs is 1. The van der Waals surface area contributed by atoms with E-state index in [9.17, 15) is 14.9 Å². The fourth-order valence-corrected chi connectivity index (χ4v) is 6.41. The zero-order valence-corrected chi connectivity index (χ0v) is 16.4. The summed E-state index contributed by atoms with van der Waals surface area (Å²) in [6.07, 6.45) is 8.27. The second-order valence-electron chi connectivity index (χ2n) is 9.23. The van der Waals surface area contributed by atoms with Gasteiger partial charge >= 0.3 is 5.69 Å². The van der Waals surface area contributed by atoms with E-state index in [0.717, 1.165) is 19.3 Å². The van der Waals surface area contributed by atoms with Crippen LogP contribution in [0.2, 0.25) is 0 Å². The Morgan fingerprint density at radius 2 is 1.80 bits per heavy atom. The third-order valence-electron chi connectivity index (χ3n) is 7.23. The predicted octanol–water partition coefficient (Wildman–Crippen LogP) is 3.70. The molecule has 9 heteroatoms. The van der Waals surface area contributed by atoms with Crippen molar-refractivity contribution >= 4 is 17.3 Å². The fraction of sp³-hybridized carbons (Fsp3) is 0.524. The Balaban J connectivity index is 1.32. The van der Waals surface area contributed by atoms with Gasteiger partial charge in [-0.2, -0.15) is 5.10 Å². The van der Waals surface area contributed by atoms with Gasteiger partial charge in [0.2, 0.25) is 12.5 Å². The molecule has 0 unspecified atom stereocenters. The van der Waals surface area contributed by atoms with E-state index in [-0.39, 0.29) is 23.7 Å². The second kappa shape index (κ2) is 6.20. The highest BCUT2D eigenvalue weighted by Crippen LogP contribution is 2.58. The summed E-state index contributed by atoms with van der Waals surface area (Å²) in [5, 5.41) is 18.9. The minimum atomic E-state index is -0.593. The summed E-state index contributed by atoms with van der Waals surface area (Å²) < 4.78 is 12.4. The molecule has 1 N–H and O–H groups in total. The maximum atomic E-state index is 12.9. The Kier molecular flexibility index (Phi) is 3.66. The van der Waals surface area contributed by atoms with Crippen LogP contribution in [0.4, 0.5) is 11.4 Å². The van der Waals surface area contributed by atoms with Crippen LogP contribution in [0.5, 0.6) is 11.5 Å². The van der Waals surface area contributed by atoms with Crippen LogP contribution in [0.15, 0.2) is 24.4 Å². The summed E-state index contributed by atoms with van der Waals surface area (Å²) in [6.45, 7) is 0.133. The summed E-state index contributed by atoms with van der Waals surface area (Å²) in [7, 11) is 0. The van der Waals surface area contributed by atoms with Gasteiger partial charge < -0.3 is 14.8 Å².